The van der Waals surface area contributed by atoms with Crippen LogP contribution in [0.5, 0.6) is 0 Å². The van der Waals surface area contributed by atoms with Gasteiger partial charge in [-0.1, -0.05) is 62.1 Å². The van der Waals surface area contributed by atoms with Crippen molar-refractivity contribution in [3.05, 3.63) is 142 Å². The first-order valence-electron chi connectivity index (χ1n) is 23.7. The maximum absolute atomic E-state index is 11.0. The van der Waals surface area contributed by atoms with E-state index in [2.05, 4.69) is 59.0 Å². The van der Waals surface area contributed by atoms with Crippen LogP contribution in [0.15, 0.2) is 72.8 Å². The first-order chi connectivity index (χ1) is 29.6. The lowest BCUT2D eigenvalue weighted by Gasteiger charge is -2.16. The molecule has 0 radical (unpaired) electrons. The van der Waals surface area contributed by atoms with Crippen LogP contribution in [-0.4, -0.2) is 21.1 Å². The van der Waals surface area contributed by atoms with Crippen LogP contribution < -0.4 is 0 Å². The summed E-state index contributed by atoms with van der Waals surface area (Å²) in [5.41, 5.74) is 15.4. The summed E-state index contributed by atoms with van der Waals surface area (Å²) in [6.45, 7) is 0.184. The number of hydrogen-bond acceptors (Lipinski definition) is 4. The van der Waals surface area contributed by atoms with E-state index >= 15 is 0 Å². The third kappa shape index (κ3) is 9.25. The van der Waals surface area contributed by atoms with Crippen LogP contribution in [0.25, 0.3) is 0 Å². The lowest BCUT2D eigenvalue weighted by atomic mass is 9.88. The third-order valence-corrected chi connectivity index (χ3v) is 16.9. The van der Waals surface area contributed by atoms with Crippen LogP contribution in [0.3, 0.4) is 0 Å². The summed E-state index contributed by atoms with van der Waals surface area (Å²) in [6.07, 6.45) is 31.2. The zero-order valence-corrected chi connectivity index (χ0v) is 38.2. The topological polar surface area (TPSA) is 101 Å². The number of nitro groups is 1. The van der Waals surface area contributed by atoms with E-state index in [4.69, 9.17) is 5.11 Å². The molecular weight excluding hydrogens is 869 g/mol. The Morgan fingerprint density at radius 1 is 0.525 bits per heavy atom. The van der Waals surface area contributed by atoms with Crippen LogP contribution in [0.1, 0.15) is 189 Å². The van der Waals surface area contributed by atoms with Crippen LogP contribution in [0.4, 0.5) is 5.69 Å². The van der Waals surface area contributed by atoms with Crippen molar-refractivity contribution in [3.8, 4) is 0 Å². The molecule has 4 aromatic rings. The molecule has 0 heterocycles. The van der Waals surface area contributed by atoms with Crippen molar-refractivity contribution in [2.24, 2.45) is 0 Å². The van der Waals surface area contributed by atoms with Gasteiger partial charge in [-0.15, -0.1) is 0 Å². The van der Waals surface area contributed by atoms with E-state index in [0.717, 1.165) is 18.4 Å². The highest BCUT2D eigenvalue weighted by Gasteiger charge is 2.48. The minimum atomic E-state index is -0.803. The Kier molecular flexibility index (Phi) is 12.3. The van der Waals surface area contributed by atoms with Gasteiger partial charge in [0.05, 0.1) is 17.1 Å². The number of hydrogen-bond donors (Lipinski definition) is 2. The highest BCUT2D eigenvalue weighted by molar-refractivity contribution is 14.1. The third-order valence-electron chi connectivity index (χ3n) is 16.2. The van der Waals surface area contributed by atoms with E-state index in [1.54, 1.807) is 34.4 Å². The summed E-state index contributed by atoms with van der Waals surface area (Å²) in [5, 5.41) is 29.1. The molecule has 0 atom stereocenters. The Morgan fingerprint density at radius 2 is 0.918 bits per heavy atom. The predicted molar refractivity (Wildman–Crippen MR) is 252 cm³/mol. The first-order valence-corrected chi connectivity index (χ1v) is 24.8. The van der Waals surface area contributed by atoms with E-state index in [0.29, 0.717) is 27.2 Å². The Hall–Kier alpha value is -3.56. The zero-order chi connectivity index (χ0) is 42.2. The second-order valence-corrected chi connectivity index (χ2v) is 21.4. The number of carboxylic acids is 1. The largest absolute Gasteiger partial charge is 0.478 e. The standard InChI is InChI=1S/C14H16O2.C14H18O.C13H15I.C13H15NO2/c15-13(16)11-5-4-10-3-1-2-6-14(7-8-14)12(10)9-11;15-10-11-4-5-12-3-1-2-6-14(7-8-14)13(12)9-11;14-11-5-4-10-3-1-2-6-13(7-8-13)12(10)9-11;15-14(16)11-5-4-10-3-1-2-6-13(7-8-13)12(10)9-11/h4-5,9H,1-3,6-8H2,(H,15,16);4-5,9,15H,1-3,6-8,10H2;4-5,9H,1-3,6-8H2;4-5,9H,1-3,6-8H2. The number of nitrogens with zero attached hydrogens (tertiary/aromatic N) is 1. The molecule has 8 aliphatic rings. The first kappa shape index (κ1) is 42.7. The number of carboxylic acid groups (broad SMARTS) is 1. The molecule has 0 saturated heterocycles. The van der Waals surface area contributed by atoms with E-state index < -0.39 is 5.97 Å². The number of rotatable bonds is 3. The molecule has 4 saturated carbocycles. The molecule has 6 nitrogen and oxygen atoms in total. The normalized spacial score (nSPS) is 21.9. The molecule has 4 fully saturated rings. The summed E-state index contributed by atoms with van der Waals surface area (Å²) < 4.78 is 1.41. The molecule has 8 aliphatic carbocycles. The number of aliphatic hydroxyl groups excluding tert-OH is 1. The van der Waals surface area contributed by atoms with Gasteiger partial charge in [0.15, 0.2) is 0 Å². The van der Waals surface area contributed by atoms with Gasteiger partial charge in [-0.05, 0) is 247 Å². The van der Waals surface area contributed by atoms with Crippen molar-refractivity contribution >= 4 is 34.2 Å². The van der Waals surface area contributed by atoms with Gasteiger partial charge in [0, 0.05) is 15.7 Å². The van der Waals surface area contributed by atoms with Crippen molar-refractivity contribution in [1.29, 1.82) is 0 Å². The van der Waals surface area contributed by atoms with Crippen molar-refractivity contribution in [3.63, 3.8) is 0 Å². The molecular formula is C54H64INO5. The number of aryl methyl sites for hydroxylation is 4. The second-order valence-electron chi connectivity index (χ2n) is 20.2. The monoisotopic (exact) mass is 933 g/mol. The smallest absolute Gasteiger partial charge is 0.335 e. The summed E-state index contributed by atoms with van der Waals surface area (Å²) >= 11 is 2.44. The van der Waals surface area contributed by atoms with Crippen molar-refractivity contribution in [2.75, 3.05) is 0 Å². The highest BCUT2D eigenvalue weighted by Crippen LogP contribution is 2.57. The molecule has 0 amide bonds. The van der Waals surface area contributed by atoms with E-state index in [1.165, 1.54) is 167 Å². The Labute approximate surface area is 376 Å². The number of benzene rings is 4. The number of fused-ring (bicyclic) bond motifs is 8. The van der Waals surface area contributed by atoms with Gasteiger partial charge >= 0.3 is 5.97 Å². The molecule has 61 heavy (non-hydrogen) atoms. The molecule has 12 rings (SSSR count). The predicted octanol–water partition coefficient (Wildman–Crippen LogP) is 13.5. The number of aliphatic hydroxyl groups is 1. The molecule has 0 bridgehead atoms. The van der Waals surface area contributed by atoms with E-state index in [-0.39, 0.29) is 17.2 Å². The summed E-state index contributed by atoms with van der Waals surface area (Å²) in [6, 6.07) is 24.8. The average molecular weight is 934 g/mol. The van der Waals surface area contributed by atoms with Gasteiger partial charge in [0.25, 0.3) is 5.69 Å². The van der Waals surface area contributed by atoms with Gasteiger partial charge in [0.2, 0.25) is 0 Å². The van der Waals surface area contributed by atoms with E-state index in [1.807, 2.05) is 24.3 Å². The van der Waals surface area contributed by atoms with Crippen molar-refractivity contribution in [2.45, 2.75) is 182 Å². The number of halogens is 1. The molecule has 2 N–H and O–H groups in total. The Balaban J connectivity index is 0.000000104. The van der Waals surface area contributed by atoms with Crippen LogP contribution in [-0.2, 0) is 54.0 Å². The lowest BCUT2D eigenvalue weighted by Crippen LogP contribution is -2.09. The lowest BCUT2D eigenvalue weighted by molar-refractivity contribution is -0.385. The molecule has 4 aromatic carbocycles. The van der Waals surface area contributed by atoms with Crippen LogP contribution >= 0.6 is 22.6 Å². The zero-order valence-electron chi connectivity index (χ0n) is 36.1. The van der Waals surface area contributed by atoms with Gasteiger partial charge in [-0.2, -0.15) is 0 Å². The maximum atomic E-state index is 11.0. The summed E-state index contributed by atoms with van der Waals surface area (Å²) in [5.74, 6) is -0.803. The highest BCUT2D eigenvalue weighted by atomic mass is 127. The average Bonchev–Trinajstić information content (AvgIpc) is 4.09. The number of nitro benzene ring substituents is 1. The molecule has 7 heteroatoms. The number of carbonyl (C=O) groups is 1. The fourth-order valence-electron chi connectivity index (χ4n) is 11.8. The van der Waals surface area contributed by atoms with Crippen molar-refractivity contribution in [1.82, 2.24) is 0 Å². The Bertz CT molecular complexity index is 2190. The van der Waals surface area contributed by atoms with Gasteiger partial charge in [-0.25, -0.2) is 4.79 Å². The molecule has 4 spiro atoms. The molecule has 0 unspecified atom stereocenters. The second kappa shape index (κ2) is 17.5. The minimum Gasteiger partial charge on any atom is -0.478 e. The van der Waals surface area contributed by atoms with Gasteiger partial charge < -0.3 is 10.2 Å². The number of aromatic carboxylic acids is 1. The van der Waals surface area contributed by atoms with E-state index in [9.17, 15) is 20.0 Å². The minimum absolute atomic E-state index is 0.184. The van der Waals surface area contributed by atoms with Crippen LogP contribution in [0, 0.1) is 13.7 Å². The summed E-state index contributed by atoms with van der Waals surface area (Å²) in [4.78, 5) is 21.5. The summed E-state index contributed by atoms with van der Waals surface area (Å²) in [7, 11) is 0. The van der Waals surface area contributed by atoms with Gasteiger partial charge in [0.1, 0.15) is 0 Å². The Morgan fingerprint density at radius 3 is 1.34 bits per heavy atom. The molecule has 0 aromatic heterocycles. The fraction of sp³-hybridized carbons (Fsp3) is 0.537. The molecule has 0 aliphatic heterocycles. The number of non-ortho nitro benzene ring substituents is 1. The quantitative estimate of drug-likeness (QED) is 0.121. The molecule has 322 valence electrons. The maximum Gasteiger partial charge on any atom is 0.335 e. The van der Waals surface area contributed by atoms with Crippen LogP contribution in [0.2, 0.25) is 0 Å². The fourth-order valence-corrected chi connectivity index (χ4v) is 12.3. The van der Waals surface area contributed by atoms with Gasteiger partial charge in [-0.3, -0.25) is 10.1 Å². The van der Waals surface area contributed by atoms with Crippen molar-refractivity contribution < 1.29 is 19.9 Å². The SMILES string of the molecule is Ic1ccc2c(c1)C1(CCCC2)CC1.O=C(O)c1ccc2c(c1)C1(CCCC2)CC1.O=[N+]([O-])c1ccc2c(c1)C1(CCCC2)CC1.OCc1ccc2c(c1)C1(CCCC2)CC1.